The van der Waals surface area contributed by atoms with Gasteiger partial charge in [-0.15, -0.1) is 0 Å². The van der Waals surface area contributed by atoms with Crippen molar-refractivity contribution in [1.82, 2.24) is 9.97 Å². The number of hydrogen-bond acceptors (Lipinski definition) is 4. The van der Waals surface area contributed by atoms with Gasteiger partial charge in [-0.05, 0) is 45.7 Å². The number of benzene rings is 1. The molecule has 0 spiro atoms. The molecule has 2 rings (SSSR count). The Morgan fingerprint density at radius 2 is 1.76 bits per heavy atom. The SMILES string of the molecule is C/C(=N/Nc1nc(C)cc(=O)[nH]1)c1c(C)cc(C)cc1C. The van der Waals surface area contributed by atoms with Crippen LogP contribution in [0.5, 0.6) is 0 Å². The molecule has 0 saturated heterocycles. The molecular weight excluding hydrogens is 264 g/mol. The van der Waals surface area contributed by atoms with Crippen LogP contribution in [0.15, 0.2) is 28.1 Å². The van der Waals surface area contributed by atoms with Gasteiger partial charge < -0.3 is 0 Å². The Kier molecular flexibility index (Phi) is 4.21. The number of rotatable bonds is 3. The van der Waals surface area contributed by atoms with Gasteiger partial charge in [-0.25, -0.2) is 10.4 Å². The van der Waals surface area contributed by atoms with Crippen molar-refractivity contribution in [2.24, 2.45) is 5.10 Å². The average Bonchev–Trinajstić information content (AvgIpc) is 2.34. The zero-order valence-electron chi connectivity index (χ0n) is 13.0. The molecule has 0 atom stereocenters. The lowest BCUT2D eigenvalue weighted by Crippen LogP contribution is -2.12. The lowest BCUT2D eigenvalue weighted by atomic mass is 9.97. The highest BCUT2D eigenvalue weighted by Gasteiger charge is 2.07. The first-order valence-electron chi connectivity index (χ1n) is 6.83. The Bertz CT molecular complexity index is 736. The van der Waals surface area contributed by atoms with Gasteiger partial charge in [0, 0.05) is 17.3 Å². The van der Waals surface area contributed by atoms with Crippen molar-refractivity contribution in [3.8, 4) is 0 Å². The van der Waals surface area contributed by atoms with E-state index in [1.165, 1.54) is 22.8 Å². The van der Waals surface area contributed by atoms with Gasteiger partial charge in [-0.2, -0.15) is 5.10 Å². The maximum Gasteiger partial charge on any atom is 0.252 e. The quantitative estimate of drug-likeness (QED) is 0.672. The minimum atomic E-state index is -0.194. The predicted octanol–water partition coefficient (Wildman–Crippen LogP) is 2.84. The molecule has 0 aliphatic heterocycles. The summed E-state index contributed by atoms with van der Waals surface area (Å²) < 4.78 is 0. The first-order valence-corrected chi connectivity index (χ1v) is 6.83. The van der Waals surface area contributed by atoms with E-state index in [0.717, 1.165) is 11.3 Å². The Labute approximate surface area is 124 Å². The summed E-state index contributed by atoms with van der Waals surface area (Å²) in [7, 11) is 0. The molecule has 0 amide bonds. The fraction of sp³-hybridized carbons (Fsp3) is 0.312. The second kappa shape index (κ2) is 5.91. The summed E-state index contributed by atoms with van der Waals surface area (Å²) in [5, 5.41) is 4.33. The van der Waals surface area contributed by atoms with Crippen LogP contribution in [0.4, 0.5) is 5.95 Å². The summed E-state index contributed by atoms with van der Waals surface area (Å²) >= 11 is 0. The van der Waals surface area contributed by atoms with E-state index in [-0.39, 0.29) is 5.56 Å². The van der Waals surface area contributed by atoms with E-state index >= 15 is 0 Å². The van der Waals surface area contributed by atoms with Gasteiger partial charge in [0.2, 0.25) is 5.95 Å². The van der Waals surface area contributed by atoms with Gasteiger partial charge in [-0.1, -0.05) is 17.7 Å². The molecule has 0 fully saturated rings. The highest BCUT2D eigenvalue weighted by molar-refractivity contribution is 6.01. The van der Waals surface area contributed by atoms with Gasteiger partial charge in [0.15, 0.2) is 0 Å². The first-order chi connectivity index (χ1) is 9.86. The molecule has 1 aromatic carbocycles. The highest BCUT2D eigenvalue weighted by Crippen LogP contribution is 2.17. The number of nitrogens with one attached hydrogen (secondary N) is 2. The van der Waals surface area contributed by atoms with E-state index in [2.05, 4.69) is 53.4 Å². The maximum atomic E-state index is 11.4. The van der Waals surface area contributed by atoms with Crippen LogP contribution in [0.25, 0.3) is 0 Å². The fourth-order valence-corrected chi connectivity index (χ4v) is 2.58. The third kappa shape index (κ3) is 3.56. The summed E-state index contributed by atoms with van der Waals surface area (Å²) in [5.74, 6) is 0.349. The summed E-state index contributed by atoms with van der Waals surface area (Å²) in [6, 6.07) is 5.71. The molecule has 5 nitrogen and oxygen atoms in total. The molecule has 1 aromatic heterocycles. The van der Waals surface area contributed by atoms with Crippen molar-refractivity contribution in [2.45, 2.75) is 34.6 Å². The number of anilines is 1. The zero-order chi connectivity index (χ0) is 15.6. The van der Waals surface area contributed by atoms with Crippen LogP contribution in [-0.4, -0.2) is 15.7 Å². The summed E-state index contributed by atoms with van der Waals surface area (Å²) in [6.45, 7) is 9.93. The van der Waals surface area contributed by atoms with E-state index < -0.39 is 0 Å². The van der Waals surface area contributed by atoms with Crippen molar-refractivity contribution in [2.75, 3.05) is 5.43 Å². The van der Waals surface area contributed by atoms with Crippen molar-refractivity contribution in [3.63, 3.8) is 0 Å². The van der Waals surface area contributed by atoms with Crippen LogP contribution in [0.2, 0.25) is 0 Å². The first kappa shape index (κ1) is 15.0. The monoisotopic (exact) mass is 284 g/mol. The highest BCUT2D eigenvalue weighted by atomic mass is 16.1. The molecule has 1 heterocycles. The molecule has 0 unspecified atom stereocenters. The second-order valence-electron chi connectivity index (χ2n) is 5.32. The third-order valence-electron chi connectivity index (χ3n) is 3.24. The van der Waals surface area contributed by atoms with Crippen molar-refractivity contribution in [3.05, 3.63) is 56.5 Å². The topological polar surface area (TPSA) is 70.1 Å². The molecule has 110 valence electrons. The minimum Gasteiger partial charge on any atom is -0.291 e. The number of aryl methyl sites for hydroxylation is 4. The van der Waals surface area contributed by atoms with Gasteiger partial charge in [0.05, 0.1) is 5.71 Å². The van der Waals surface area contributed by atoms with Crippen LogP contribution < -0.4 is 11.0 Å². The van der Waals surface area contributed by atoms with Crippen LogP contribution in [-0.2, 0) is 0 Å². The largest absolute Gasteiger partial charge is 0.291 e. The smallest absolute Gasteiger partial charge is 0.252 e. The molecule has 0 aliphatic carbocycles. The maximum absolute atomic E-state index is 11.4. The number of nitrogens with zero attached hydrogens (tertiary/aromatic N) is 2. The molecule has 2 N–H and O–H groups in total. The third-order valence-corrected chi connectivity index (χ3v) is 3.24. The lowest BCUT2D eigenvalue weighted by molar-refractivity contribution is 1.04. The van der Waals surface area contributed by atoms with Crippen molar-refractivity contribution in [1.29, 1.82) is 0 Å². The lowest BCUT2D eigenvalue weighted by Gasteiger charge is -2.11. The minimum absolute atomic E-state index is 0.194. The number of H-pyrrole nitrogens is 1. The number of aromatic amines is 1. The molecule has 0 radical (unpaired) electrons. The van der Waals surface area contributed by atoms with Gasteiger partial charge >= 0.3 is 0 Å². The number of aromatic nitrogens is 2. The normalized spacial score (nSPS) is 11.6. The van der Waals surface area contributed by atoms with E-state index in [9.17, 15) is 4.79 Å². The number of hydrazone groups is 1. The molecule has 0 aliphatic rings. The molecule has 0 saturated carbocycles. The van der Waals surface area contributed by atoms with Crippen LogP contribution in [0.1, 0.15) is 34.9 Å². The van der Waals surface area contributed by atoms with Gasteiger partial charge in [0.25, 0.3) is 5.56 Å². The summed E-state index contributed by atoms with van der Waals surface area (Å²) in [4.78, 5) is 18.2. The predicted molar refractivity (Wildman–Crippen MR) is 86.1 cm³/mol. The van der Waals surface area contributed by atoms with Crippen LogP contribution in [0, 0.1) is 27.7 Å². The summed E-state index contributed by atoms with van der Waals surface area (Å²) in [6.07, 6.45) is 0. The van der Waals surface area contributed by atoms with Crippen LogP contribution >= 0.6 is 0 Å². The Balaban J connectivity index is 2.32. The fourth-order valence-electron chi connectivity index (χ4n) is 2.58. The molecule has 0 bridgehead atoms. The summed E-state index contributed by atoms with van der Waals surface area (Å²) in [5.41, 5.74) is 8.84. The van der Waals surface area contributed by atoms with E-state index in [1.54, 1.807) is 6.92 Å². The molecule has 2 aromatic rings. The van der Waals surface area contributed by atoms with Gasteiger partial charge in [0.1, 0.15) is 0 Å². The van der Waals surface area contributed by atoms with Gasteiger partial charge in [-0.3, -0.25) is 9.78 Å². The van der Waals surface area contributed by atoms with E-state index in [0.29, 0.717) is 11.6 Å². The molecule has 5 heteroatoms. The average molecular weight is 284 g/mol. The molecular formula is C16H20N4O. The standard InChI is InChI=1S/C16H20N4O/c1-9-6-10(2)15(11(3)7-9)13(5)19-20-16-17-12(4)8-14(21)18-16/h6-8H,1-5H3,(H2,17,18,20,21)/b19-13-. The Morgan fingerprint density at radius 1 is 1.14 bits per heavy atom. The second-order valence-corrected chi connectivity index (χ2v) is 5.32. The zero-order valence-corrected chi connectivity index (χ0v) is 13.0. The van der Waals surface area contributed by atoms with E-state index in [1.807, 2.05) is 6.92 Å². The van der Waals surface area contributed by atoms with Crippen LogP contribution in [0.3, 0.4) is 0 Å². The van der Waals surface area contributed by atoms with Crippen molar-refractivity contribution < 1.29 is 0 Å². The molecule has 21 heavy (non-hydrogen) atoms. The Morgan fingerprint density at radius 3 is 2.33 bits per heavy atom. The Hall–Kier alpha value is -2.43. The number of hydrogen-bond donors (Lipinski definition) is 2. The van der Waals surface area contributed by atoms with E-state index in [4.69, 9.17) is 0 Å². The van der Waals surface area contributed by atoms with Crippen molar-refractivity contribution >= 4 is 11.7 Å².